The predicted octanol–water partition coefficient (Wildman–Crippen LogP) is 4.36. The number of nitrogens with zero attached hydrogens (tertiary/aromatic N) is 5. The first-order valence-electron chi connectivity index (χ1n) is 11.4. The molecular weight excluding hydrogens is 419 g/mol. The molecule has 1 N–H and O–H groups in total. The molecule has 0 radical (unpaired) electrons. The summed E-state index contributed by atoms with van der Waals surface area (Å²) in [6.45, 7) is 5.17. The molecule has 3 aromatic rings. The smallest absolute Gasteiger partial charge is 0.204 e. The Morgan fingerprint density at radius 1 is 0.909 bits per heavy atom. The molecule has 1 saturated heterocycles. The Kier molecular flexibility index (Phi) is 6.44. The lowest BCUT2D eigenvalue weighted by molar-refractivity contribution is 0.211. The van der Waals surface area contributed by atoms with E-state index in [1.807, 2.05) is 12.1 Å². The summed E-state index contributed by atoms with van der Waals surface area (Å²) in [4.78, 5) is 4.95. The molecule has 0 unspecified atom stereocenters. The number of ether oxygens (including phenoxy) is 1. The molecule has 5 rings (SSSR count). The second-order valence-electron chi connectivity index (χ2n) is 8.35. The number of halogens is 1. The number of rotatable bonds is 7. The first-order valence-corrected chi connectivity index (χ1v) is 11.4. The Balaban J connectivity index is 1.34. The van der Waals surface area contributed by atoms with Gasteiger partial charge in [-0.2, -0.15) is 5.21 Å². The fraction of sp³-hybridized carbons (Fsp3) is 0.320. The van der Waals surface area contributed by atoms with Crippen molar-refractivity contribution >= 4 is 11.3 Å². The van der Waals surface area contributed by atoms with Crippen LogP contribution in [0.25, 0.3) is 11.3 Å². The van der Waals surface area contributed by atoms with Crippen LogP contribution in [0.4, 0.5) is 4.39 Å². The molecule has 8 heteroatoms. The van der Waals surface area contributed by atoms with Gasteiger partial charge in [-0.3, -0.25) is 0 Å². The van der Waals surface area contributed by atoms with Crippen LogP contribution in [0.5, 0.6) is 11.5 Å². The molecule has 2 aliphatic heterocycles. The van der Waals surface area contributed by atoms with Gasteiger partial charge in [0, 0.05) is 30.9 Å². The molecule has 7 nitrogen and oxygen atoms in total. The van der Waals surface area contributed by atoms with E-state index in [0.717, 1.165) is 36.5 Å². The quantitative estimate of drug-likeness (QED) is 0.582. The van der Waals surface area contributed by atoms with Crippen molar-refractivity contribution in [2.45, 2.75) is 19.3 Å². The normalized spacial score (nSPS) is 16.9. The summed E-state index contributed by atoms with van der Waals surface area (Å²) >= 11 is 0. The number of aromatic nitrogens is 4. The lowest BCUT2D eigenvalue weighted by Gasteiger charge is -2.33. The van der Waals surface area contributed by atoms with Crippen LogP contribution in [-0.2, 0) is 0 Å². The molecule has 33 heavy (non-hydrogen) atoms. The van der Waals surface area contributed by atoms with Crippen molar-refractivity contribution in [1.82, 2.24) is 30.4 Å². The van der Waals surface area contributed by atoms with E-state index < -0.39 is 0 Å². The van der Waals surface area contributed by atoms with Crippen LogP contribution in [-0.4, -0.2) is 63.1 Å². The highest BCUT2D eigenvalue weighted by atomic mass is 19.1. The minimum Gasteiger partial charge on any atom is -0.457 e. The van der Waals surface area contributed by atoms with Gasteiger partial charge in [0.2, 0.25) is 5.82 Å². The number of tetrazole rings is 1. The Labute approximate surface area is 192 Å². The molecule has 0 amide bonds. The maximum atomic E-state index is 13.1. The van der Waals surface area contributed by atoms with Crippen LogP contribution in [0, 0.1) is 5.82 Å². The highest BCUT2D eigenvalue weighted by molar-refractivity contribution is 5.83. The third-order valence-electron chi connectivity index (χ3n) is 6.10. The van der Waals surface area contributed by atoms with Gasteiger partial charge in [-0.1, -0.05) is 12.5 Å². The minimum atomic E-state index is -0.281. The average molecular weight is 447 g/mol. The van der Waals surface area contributed by atoms with Crippen LogP contribution in [0.1, 0.15) is 30.7 Å². The van der Waals surface area contributed by atoms with Crippen molar-refractivity contribution in [1.29, 1.82) is 0 Å². The van der Waals surface area contributed by atoms with Crippen molar-refractivity contribution in [3.63, 3.8) is 0 Å². The predicted molar refractivity (Wildman–Crippen MR) is 125 cm³/mol. The van der Waals surface area contributed by atoms with E-state index >= 15 is 0 Å². The minimum absolute atomic E-state index is 0.281. The average Bonchev–Trinajstić information content (AvgIpc) is 3.40. The van der Waals surface area contributed by atoms with Gasteiger partial charge in [-0.15, -0.1) is 10.2 Å². The number of likely N-dealkylation sites (tertiary alicyclic amines) is 1. The number of aromatic amines is 1. The van der Waals surface area contributed by atoms with Crippen LogP contribution in [0.3, 0.4) is 0 Å². The van der Waals surface area contributed by atoms with E-state index in [2.05, 4.69) is 54.7 Å². The maximum absolute atomic E-state index is 13.1. The summed E-state index contributed by atoms with van der Waals surface area (Å²) in [5, 5.41) is 14.5. The van der Waals surface area contributed by atoms with Gasteiger partial charge in [0.15, 0.2) is 0 Å². The Hall–Kier alpha value is -3.52. The summed E-state index contributed by atoms with van der Waals surface area (Å²) in [6, 6.07) is 14.0. The first-order chi connectivity index (χ1) is 16.2. The molecule has 170 valence electrons. The fourth-order valence-electron chi connectivity index (χ4n) is 4.30. The van der Waals surface area contributed by atoms with Crippen molar-refractivity contribution in [3.8, 4) is 11.5 Å². The number of piperidine rings is 1. The molecule has 0 saturated carbocycles. The lowest BCUT2D eigenvalue weighted by Crippen LogP contribution is -2.38. The molecule has 1 aromatic heterocycles. The Bertz CT molecular complexity index is 1100. The van der Waals surface area contributed by atoms with Crippen molar-refractivity contribution in [2.75, 3.05) is 32.7 Å². The van der Waals surface area contributed by atoms with E-state index in [1.54, 1.807) is 12.1 Å². The van der Waals surface area contributed by atoms with Gasteiger partial charge >= 0.3 is 0 Å². The molecule has 0 atom stereocenters. The molecule has 2 aromatic carbocycles. The van der Waals surface area contributed by atoms with Crippen molar-refractivity contribution in [2.24, 2.45) is 0 Å². The number of nitrogens with one attached hydrogen (secondary N) is 1. The van der Waals surface area contributed by atoms with Gasteiger partial charge in [0.1, 0.15) is 17.3 Å². The number of allylic oxidation sites excluding steroid dienone is 2. The Morgan fingerprint density at radius 3 is 2.33 bits per heavy atom. The van der Waals surface area contributed by atoms with Gasteiger partial charge in [0.25, 0.3) is 0 Å². The zero-order valence-corrected chi connectivity index (χ0v) is 18.5. The lowest BCUT2D eigenvalue weighted by atomic mass is 10.0. The number of hydrogen-bond acceptors (Lipinski definition) is 6. The number of hydrogen-bond donors (Lipinski definition) is 1. The largest absolute Gasteiger partial charge is 0.457 e. The third-order valence-corrected chi connectivity index (χ3v) is 6.10. The molecule has 0 bridgehead atoms. The van der Waals surface area contributed by atoms with Crippen molar-refractivity contribution in [3.05, 3.63) is 77.9 Å². The zero-order valence-electron chi connectivity index (χ0n) is 18.5. The van der Waals surface area contributed by atoms with E-state index in [-0.39, 0.29) is 5.82 Å². The molecular formula is C25H27FN6O. The molecule has 1 fully saturated rings. The topological polar surface area (TPSA) is 70.2 Å². The molecule has 2 aliphatic rings. The van der Waals surface area contributed by atoms with Gasteiger partial charge in [-0.25, -0.2) is 4.39 Å². The van der Waals surface area contributed by atoms with E-state index in [9.17, 15) is 4.39 Å². The van der Waals surface area contributed by atoms with E-state index in [1.165, 1.54) is 44.5 Å². The Morgan fingerprint density at radius 2 is 1.64 bits per heavy atom. The maximum Gasteiger partial charge on any atom is 0.204 e. The highest BCUT2D eigenvalue weighted by Crippen LogP contribution is 2.30. The zero-order chi connectivity index (χ0) is 22.5. The summed E-state index contributed by atoms with van der Waals surface area (Å²) in [7, 11) is 0. The summed E-state index contributed by atoms with van der Waals surface area (Å²) in [5.41, 5.74) is 3.18. The first kappa shape index (κ1) is 21.3. The summed E-state index contributed by atoms with van der Waals surface area (Å²) in [5.74, 6) is 1.62. The number of benzene rings is 2. The summed E-state index contributed by atoms with van der Waals surface area (Å²) in [6.07, 6.45) is 8.20. The van der Waals surface area contributed by atoms with E-state index in [0.29, 0.717) is 17.3 Å². The van der Waals surface area contributed by atoms with Crippen LogP contribution in [0.15, 0.2) is 60.7 Å². The van der Waals surface area contributed by atoms with Gasteiger partial charge in [0.05, 0.1) is 0 Å². The van der Waals surface area contributed by atoms with Crippen molar-refractivity contribution < 1.29 is 9.13 Å². The second-order valence-corrected chi connectivity index (χ2v) is 8.35. The number of H-pyrrole nitrogens is 1. The summed E-state index contributed by atoms with van der Waals surface area (Å²) < 4.78 is 19.0. The third kappa shape index (κ3) is 5.28. The molecule has 3 heterocycles. The monoisotopic (exact) mass is 446 g/mol. The van der Waals surface area contributed by atoms with Gasteiger partial charge in [-0.05, 0) is 91.3 Å². The molecule has 0 aliphatic carbocycles. The second kappa shape index (κ2) is 9.95. The van der Waals surface area contributed by atoms with Crippen LogP contribution in [0.2, 0.25) is 0 Å². The van der Waals surface area contributed by atoms with Gasteiger partial charge < -0.3 is 14.5 Å². The molecule has 0 spiro atoms. The van der Waals surface area contributed by atoms with Crippen LogP contribution < -0.4 is 4.74 Å². The fourth-order valence-corrected chi connectivity index (χ4v) is 4.30. The SMILES string of the molecule is Fc1ccc(Oc2ccc(C3=CC(c4nn[nH]n4)=CCN3CCN3CCCCC3)cc2)cc1. The standard InChI is InChI=1S/C25H27FN6O/c26-21-6-10-23(11-7-21)33-22-8-4-19(5-9-22)24-18-20(25-27-29-30-28-25)12-15-32(24)17-16-31-13-2-1-3-14-31/h4-12,18H,1-3,13-17H2,(H,27,28,29,30). The highest BCUT2D eigenvalue weighted by Gasteiger charge is 2.20. The van der Waals surface area contributed by atoms with E-state index in [4.69, 9.17) is 4.74 Å². The van der Waals surface area contributed by atoms with Crippen LogP contribution >= 0.6 is 0 Å².